The Kier molecular flexibility index (Phi) is 4.04. The van der Waals surface area contributed by atoms with E-state index < -0.39 is 10.0 Å². The van der Waals surface area contributed by atoms with E-state index >= 15 is 0 Å². The number of nitrogens with two attached hydrogens (primary N) is 1. The summed E-state index contributed by atoms with van der Waals surface area (Å²) in [6.45, 7) is -0.00153. The third-order valence-electron chi connectivity index (χ3n) is 1.63. The van der Waals surface area contributed by atoms with Crippen LogP contribution in [-0.4, -0.2) is 26.7 Å². The second-order valence-corrected chi connectivity index (χ2v) is 4.51. The molecule has 1 aromatic rings. The first-order valence-corrected chi connectivity index (χ1v) is 5.75. The van der Waals surface area contributed by atoms with Gasteiger partial charge in [-0.3, -0.25) is 0 Å². The molecule has 0 atom stereocenters. The maximum Gasteiger partial charge on any atom is 0.253 e. The van der Waals surface area contributed by atoms with Gasteiger partial charge >= 0.3 is 0 Å². The van der Waals surface area contributed by atoms with Crippen molar-refractivity contribution in [1.29, 1.82) is 0 Å². The molecule has 5 N–H and O–H groups in total. The zero-order valence-electron chi connectivity index (χ0n) is 7.97. The van der Waals surface area contributed by atoms with E-state index in [1.807, 2.05) is 0 Å². The molecule has 84 valence electrons. The molecule has 0 heterocycles. The van der Waals surface area contributed by atoms with Crippen molar-refractivity contribution in [2.75, 3.05) is 18.9 Å². The number of anilines is 1. The molecule has 1 aromatic carbocycles. The minimum absolute atomic E-state index is 0.113. The molecule has 0 amide bonds. The smallest absolute Gasteiger partial charge is 0.253 e. The van der Waals surface area contributed by atoms with Gasteiger partial charge in [0.25, 0.3) is 10.0 Å². The SMILES string of the molecule is Nc1ccc(S(=O)(=O)NNCCO)cc1. The number of sulfonamides is 1. The average molecular weight is 231 g/mol. The van der Waals surface area contributed by atoms with Gasteiger partial charge in [-0.15, -0.1) is 4.83 Å². The van der Waals surface area contributed by atoms with Crippen molar-refractivity contribution in [3.8, 4) is 0 Å². The molecule has 15 heavy (non-hydrogen) atoms. The molecule has 0 spiro atoms. The zero-order chi connectivity index (χ0) is 11.3. The number of benzene rings is 1. The molecule has 0 aliphatic heterocycles. The predicted octanol–water partition coefficient (Wildman–Crippen LogP) is -0.956. The number of nitrogens with one attached hydrogen (secondary N) is 2. The van der Waals surface area contributed by atoms with E-state index in [9.17, 15) is 8.42 Å². The fourth-order valence-electron chi connectivity index (χ4n) is 0.908. The summed E-state index contributed by atoms with van der Waals surface area (Å²) in [5, 5.41) is 8.46. The van der Waals surface area contributed by atoms with Gasteiger partial charge in [-0.05, 0) is 24.3 Å². The first-order chi connectivity index (χ1) is 7.06. The molecular formula is C8H13N3O3S. The topological polar surface area (TPSA) is 104 Å². The highest BCUT2D eigenvalue weighted by Crippen LogP contribution is 2.10. The first-order valence-electron chi connectivity index (χ1n) is 4.27. The number of hydrogen-bond donors (Lipinski definition) is 4. The van der Waals surface area contributed by atoms with Crippen molar-refractivity contribution in [3.05, 3.63) is 24.3 Å². The Morgan fingerprint density at radius 2 is 1.87 bits per heavy atom. The lowest BCUT2D eigenvalue weighted by molar-refractivity contribution is 0.290. The van der Waals surface area contributed by atoms with Gasteiger partial charge in [0.1, 0.15) is 0 Å². The van der Waals surface area contributed by atoms with E-state index in [1.165, 1.54) is 24.3 Å². The summed E-state index contributed by atoms with van der Waals surface area (Å²) in [6.07, 6.45) is 0. The van der Waals surface area contributed by atoms with Crippen LogP contribution < -0.4 is 16.0 Å². The van der Waals surface area contributed by atoms with E-state index in [1.54, 1.807) is 0 Å². The summed E-state index contributed by atoms with van der Waals surface area (Å²) in [4.78, 5) is 2.23. The van der Waals surface area contributed by atoms with Gasteiger partial charge in [0.15, 0.2) is 0 Å². The average Bonchev–Trinajstić information content (AvgIpc) is 2.18. The molecule has 0 bridgehead atoms. The van der Waals surface area contributed by atoms with Gasteiger partial charge in [-0.1, -0.05) is 0 Å². The van der Waals surface area contributed by atoms with Gasteiger partial charge in [0.05, 0.1) is 11.5 Å². The number of aliphatic hydroxyl groups is 1. The van der Waals surface area contributed by atoms with E-state index in [2.05, 4.69) is 10.3 Å². The fourth-order valence-corrected chi connectivity index (χ4v) is 1.81. The molecule has 0 aromatic heterocycles. The van der Waals surface area contributed by atoms with Crippen LogP contribution in [0.5, 0.6) is 0 Å². The molecule has 0 radical (unpaired) electrons. The summed E-state index contributed by atoms with van der Waals surface area (Å²) in [5.74, 6) is 0. The quantitative estimate of drug-likeness (QED) is 0.297. The molecule has 0 saturated carbocycles. The van der Waals surface area contributed by atoms with E-state index in [0.29, 0.717) is 5.69 Å². The predicted molar refractivity (Wildman–Crippen MR) is 56.3 cm³/mol. The van der Waals surface area contributed by atoms with Gasteiger partial charge in [-0.2, -0.15) is 0 Å². The Hall–Kier alpha value is -1.15. The number of rotatable bonds is 5. The molecule has 7 heteroatoms. The van der Waals surface area contributed by atoms with Crippen molar-refractivity contribution in [2.24, 2.45) is 0 Å². The second kappa shape index (κ2) is 5.08. The van der Waals surface area contributed by atoms with Gasteiger partial charge < -0.3 is 10.8 Å². The lowest BCUT2D eigenvalue weighted by atomic mass is 10.3. The summed E-state index contributed by atoms with van der Waals surface area (Å²) in [7, 11) is -3.58. The van der Waals surface area contributed by atoms with E-state index in [0.717, 1.165) is 0 Å². The van der Waals surface area contributed by atoms with Crippen LogP contribution in [-0.2, 0) is 10.0 Å². The number of hydrazine groups is 1. The van der Waals surface area contributed by atoms with Crippen LogP contribution in [0.2, 0.25) is 0 Å². The normalized spacial score (nSPS) is 11.5. The highest BCUT2D eigenvalue weighted by atomic mass is 32.2. The number of hydrogen-bond acceptors (Lipinski definition) is 5. The third kappa shape index (κ3) is 3.48. The van der Waals surface area contributed by atoms with Gasteiger partial charge in [-0.25, -0.2) is 13.8 Å². The third-order valence-corrected chi connectivity index (χ3v) is 2.94. The first kappa shape index (κ1) is 11.9. The molecule has 0 fully saturated rings. The van der Waals surface area contributed by atoms with Crippen LogP contribution in [0.25, 0.3) is 0 Å². The van der Waals surface area contributed by atoms with Gasteiger partial charge in [0.2, 0.25) is 0 Å². The highest BCUT2D eigenvalue weighted by Gasteiger charge is 2.12. The maximum atomic E-state index is 11.5. The molecule has 0 unspecified atom stereocenters. The largest absolute Gasteiger partial charge is 0.399 e. The van der Waals surface area contributed by atoms with Crippen molar-refractivity contribution >= 4 is 15.7 Å². The molecular weight excluding hydrogens is 218 g/mol. The Bertz CT molecular complexity index is 402. The highest BCUT2D eigenvalue weighted by molar-refractivity contribution is 7.89. The van der Waals surface area contributed by atoms with Gasteiger partial charge in [0, 0.05) is 12.2 Å². The monoisotopic (exact) mass is 231 g/mol. The van der Waals surface area contributed by atoms with Crippen LogP contribution in [0.1, 0.15) is 0 Å². The second-order valence-electron chi connectivity index (χ2n) is 2.82. The van der Waals surface area contributed by atoms with Crippen LogP contribution in [0.4, 0.5) is 5.69 Å². The van der Waals surface area contributed by atoms with Crippen molar-refractivity contribution in [1.82, 2.24) is 10.3 Å². The number of aliphatic hydroxyl groups excluding tert-OH is 1. The Morgan fingerprint density at radius 3 is 2.40 bits per heavy atom. The summed E-state index contributed by atoms with van der Waals surface area (Å²) < 4.78 is 23.0. The standard InChI is InChI=1S/C8H13N3O3S/c9-7-1-3-8(4-2-7)15(13,14)11-10-5-6-12/h1-4,10-12H,5-6,9H2. The van der Waals surface area contributed by atoms with E-state index in [4.69, 9.17) is 10.8 Å². The minimum atomic E-state index is -3.58. The summed E-state index contributed by atoms with van der Waals surface area (Å²) in [5.41, 5.74) is 8.29. The fraction of sp³-hybridized carbons (Fsp3) is 0.250. The lowest BCUT2D eigenvalue weighted by Gasteiger charge is -2.07. The molecule has 0 aliphatic rings. The van der Waals surface area contributed by atoms with Crippen molar-refractivity contribution < 1.29 is 13.5 Å². The van der Waals surface area contributed by atoms with Crippen molar-refractivity contribution in [2.45, 2.75) is 4.90 Å². The lowest BCUT2D eigenvalue weighted by Crippen LogP contribution is -2.38. The van der Waals surface area contributed by atoms with Crippen molar-refractivity contribution in [3.63, 3.8) is 0 Å². The zero-order valence-corrected chi connectivity index (χ0v) is 8.79. The molecule has 0 aliphatic carbocycles. The molecule has 0 saturated heterocycles. The van der Waals surface area contributed by atoms with Crippen LogP contribution >= 0.6 is 0 Å². The Labute approximate surface area is 88.1 Å². The molecule has 1 rings (SSSR count). The number of nitrogen functional groups attached to an aromatic ring is 1. The van der Waals surface area contributed by atoms with Crippen LogP contribution in [0.15, 0.2) is 29.2 Å². The Morgan fingerprint density at radius 1 is 1.27 bits per heavy atom. The van der Waals surface area contributed by atoms with E-state index in [-0.39, 0.29) is 18.0 Å². The van der Waals surface area contributed by atoms with Crippen LogP contribution in [0.3, 0.4) is 0 Å². The van der Waals surface area contributed by atoms with Crippen LogP contribution in [0, 0.1) is 0 Å². The Balaban J connectivity index is 2.73. The maximum absolute atomic E-state index is 11.5. The summed E-state index contributed by atoms with van der Waals surface area (Å²) >= 11 is 0. The molecule has 6 nitrogen and oxygen atoms in total. The minimum Gasteiger partial charge on any atom is -0.399 e. The summed E-state index contributed by atoms with van der Waals surface area (Å²) in [6, 6.07) is 5.80.